The van der Waals surface area contributed by atoms with Crippen molar-refractivity contribution in [2.24, 2.45) is 4.99 Å². The van der Waals surface area contributed by atoms with Gasteiger partial charge in [0.05, 0.1) is 0 Å². The maximum atomic E-state index is 13.6. The van der Waals surface area contributed by atoms with Crippen LogP contribution in [0.15, 0.2) is 53.2 Å². The lowest BCUT2D eigenvalue weighted by atomic mass is 10.2. The van der Waals surface area contributed by atoms with E-state index in [-0.39, 0.29) is 17.2 Å². The molecule has 110 valence electrons. The summed E-state index contributed by atoms with van der Waals surface area (Å²) in [5.41, 5.74) is 0.306. The minimum atomic E-state index is -0.814. The van der Waals surface area contributed by atoms with E-state index in [2.05, 4.69) is 4.99 Å². The smallest absolute Gasteiger partial charge is 0.363 e. The zero-order chi connectivity index (χ0) is 15.7. The van der Waals surface area contributed by atoms with Crippen LogP contribution in [0.25, 0.3) is 6.08 Å². The van der Waals surface area contributed by atoms with Gasteiger partial charge in [0, 0.05) is 17.2 Å². The van der Waals surface area contributed by atoms with E-state index in [9.17, 15) is 18.0 Å². The number of halogens is 3. The number of ether oxygens (including phenoxy) is 1. The summed E-state index contributed by atoms with van der Waals surface area (Å²) in [5.74, 6) is -2.73. The monoisotopic (exact) mass is 303 g/mol. The van der Waals surface area contributed by atoms with Crippen molar-refractivity contribution in [1.82, 2.24) is 0 Å². The van der Waals surface area contributed by atoms with E-state index in [1.54, 1.807) is 0 Å². The van der Waals surface area contributed by atoms with Crippen LogP contribution in [0.4, 0.5) is 13.2 Å². The number of hydrogen-bond donors (Lipinski definition) is 0. The van der Waals surface area contributed by atoms with Crippen molar-refractivity contribution in [1.29, 1.82) is 0 Å². The summed E-state index contributed by atoms with van der Waals surface area (Å²) in [6, 6.07) is 8.18. The lowest BCUT2D eigenvalue weighted by Crippen LogP contribution is -2.05. The van der Waals surface area contributed by atoms with Crippen molar-refractivity contribution >= 4 is 17.9 Å². The number of aliphatic imine (C=N–C) groups is 1. The highest BCUT2D eigenvalue weighted by Crippen LogP contribution is 2.21. The van der Waals surface area contributed by atoms with Gasteiger partial charge in [0.15, 0.2) is 5.70 Å². The molecular formula is C16H8F3NO2. The van der Waals surface area contributed by atoms with Crippen molar-refractivity contribution in [3.63, 3.8) is 0 Å². The highest BCUT2D eigenvalue weighted by atomic mass is 19.1. The molecule has 0 fully saturated rings. The first kappa shape index (κ1) is 14.1. The second-order valence-electron chi connectivity index (χ2n) is 4.51. The number of cyclic esters (lactones) is 1. The molecule has 2 aromatic rings. The highest BCUT2D eigenvalue weighted by Gasteiger charge is 2.24. The standard InChI is InChI=1S/C16H8F3NO2/c17-11-4-1-9(2-5-11)15-20-14(16(21)22-15)7-10-3-6-12(18)8-13(10)19/h1-8H/b14-7-. The summed E-state index contributed by atoms with van der Waals surface area (Å²) >= 11 is 0. The summed E-state index contributed by atoms with van der Waals surface area (Å²) in [6.07, 6.45) is 1.16. The largest absolute Gasteiger partial charge is 0.402 e. The molecule has 1 heterocycles. The van der Waals surface area contributed by atoms with E-state index in [0.717, 1.165) is 12.1 Å². The lowest BCUT2D eigenvalue weighted by molar-refractivity contribution is -0.129. The van der Waals surface area contributed by atoms with Gasteiger partial charge in [-0.2, -0.15) is 0 Å². The van der Waals surface area contributed by atoms with Crippen LogP contribution in [0.5, 0.6) is 0 Å². The maximum absolute atomic E-state index is 13.6. The summed E-state index contributed by atoms with van der Waals surface area (Å²) < 4.78 is 44.2. The zero-order valence-corrected chi connectivity index (χ0v) is 11.0. The number of esters is 1. The van der Waals surface area contributed by atoms with Gasteiger partial charge in [-0.1, -0.05) is 0 Å². The maximum Gasteiger partial charge on any atom is 0.363 e. The fourth-order valence-electron chi connectivity index (χ4n) is 1.89. The molecule has 0 aliphatic carbocycles. The van der Waals surface area contributed by atoms with Gasteiger partial charge in [-0.25, -0.2) is 23.0 Å². The molecule has 1 aliphatic rings. The zero-order valence-electron chi connectivity index (χ0n) is 11.0. The quantitative estimate of drug-likeness (QED) is 0.629. The Kier molecular flexibility index (Phi) is 3.50. The number of carbonyl (C=O) groups excluding carboxylic acids is 1. The van der Waals surface area contributed by atoms with Crippen LogP contribution < -0.4 is 0 Å². The Bertz CT molecular complexity index is 811. The van der Waals surface area contributed by atoms with Crippen LogP contribution >= 0.6 is 0 Å². The molecule has 6 heteroatoms. The molecule has 0 bridgehead atoms. The number of nitrogens with zero attached hydrogens (tertiary/aromatic N) is 1. The van der Waals surface area contributed by atoms with Gasteiger partial charge in [0.2, 0.25) is 5.90 Å². The number of hydrogen-bond acceptors (Lipinski definition) is 3. The molecule has 0 radical (unpaired) electrons. The molecule has 0 aromatic heterocycles. The lowest BCUT2D eigenvalue weighted by Gasteiger charge is -1.98. The van der Waals surface area contributed by atoms with Gasteiger partial charge in [-0.3, -0.25) is 0 Å². The van der Waals surface area contributed by atoms with Crippen LogP contribution in [0.1, 0.15) is 11.1 Å². The van der Waals surface area contributed by atoms with Crippen molar-refractivity contribution < 1.29 is 22.7 Å². The van der Waals surface area contributed by atoms with Gasteiger partial charge in [0.25, 0.3) is 0 Å². The molecule has 0 saturated carbocycles. The molecule has 0 N–H and O–H groups in total. The van der Waals surface area contributed by atoms with E-state index in [0.29, 0.717) is 11.6 Å². The second-order valence-corrected chi connectivity index (χ2v) is 4.51. The average molecular weight is 303 g/mol. The Balaban J connectivity index is 1.95. The molecular weight excluding hydrogens is 295 g/mol. The Morgan fingerprint density at radius 1 is 0.955 bits per heavy atom. The van der Waals surface area contributed by atoms with Crippen LogP contribution in [-0.2, 0) is 9.53 Å². The Labute approximate surface area is 123 Å². The Morgan fingerprint density at radius 3 is 2.32 bits per heavy atom. The number of rotatable bonds is 2. The predicted molar refractivity (Wildman–Crippen MR) is 73.4 cm³/mol. The third-order valence-corrected chi connectivity index (χ3v) is 2.97. The van der Waals surface area contributed by atoms with Gasteiger partial charge in [-0.15, -0.1) is 0 Å². The highest BCUT2D eigenvalue weighted by molar-refractivity contribution is 6.12. The summed E-state index contributed by atoms with van der Waals surface area (Å²) in [4.78, 5) is 15.7. The van der Waals surface area contributed by atoms with E-state index >= 15 is 0 Å². The molecule has 0 amide bonds. The van der Waals surface area contributed by atoms with E-state index in [1.165, 1.54) is 30.3 Å². The SMILES string of the molecule is O=C1OC(c2ccc(F)cc2)=N/C1=C\c1ccc(F)cc1F. The fourth-order valence-corrected chi connectivity index (χ4v) is 1.89. The average Bonchev–Trinajstić information content (AvgIpc) is 2.84. The summed E-state index contributed by atoms with van der Waals surface area (Å²) in [5, 5.41) is 0. The molecule has 0 atom stereocenters. The van der Waals surface area contributed by atoms with Crippen LogP contribution in [0, 0.1) is 17.5 Å². The molecule has 22 heavy (non-hydrogen) atoms. The van der Waals surface area contributed by atoms with Crippen LogP contribution in [0.3, 0.4) is 0 Å². The van der Waals surface area contributed by atoms with Crippen molar-refractivity contribution in [3.05, 3.63) is 76.7 Å². The second kappa shape index (κ2) is 5.48. The molecule has 0 unspecified atom stereocenters. The molecule has 0 saturated heterocycles. The third kappa shape index (κ3) is 2.76. The third-order valence-electron chi connectivity index (χ3n) is 2.97. The van der Waals surface area contributed by atoms with E-state index in [1.807, 2.05) is 0 Å². The Morgan fingerprint density at radius 2 is 1.64 bits per heavy atom. The van der Waals surface area contributed by atoms with Gasteiger partial charge >= 0.3 is 5.97 Å². The first-order valence-corrected chi connectivity index (χ1v) is 6.26. The molecule has 1 aliphatic heterocycles. The van der Waals surface area contributed by atoms with Crippen molar-refractivity contribution in [2.75, 3.05) is 0 Å². The minimum Gasteiger partial charge on any atom is -0.402 e. The van der Waals surface area contributed by atoms with Crippen LogP contribution in [0.2, 0.25) is 0 Å². The van der Waals surface area contributed by atoms with Gasteiger partial charge in [-0.05, 0) is 42.5 Å². The number of benzene rings is 2. The minimum absolute atomic E-state index is 0.00114. The van der Waals surface area contributed by atoms with E-state index < -0.39 is 23.4 Å². The fraction of sp³-hybridized carbons (Fsp3) is 0. The normalized spacial score (nSPS) is 15.9. The first-order valence-electron chi connectivity index (χ1n) is 6.26. The van der Waals surface area contributed by atoms with Crippen molar-refractivity contribution in [2.45, 2.75) is 0 Å². The van der Waals surface area contributed by atoms with Crippen LogP contribution in [-0.4, -0.2) is 11.9 Å². The topological polar surface area (TPSA) is 38.7 Å². The molecule has 0 spiro atoms. The number of carbonyl (C=O) groups is 1. The molecule has 3 rings (SSSR count). The predicted octanol–water partition coefficient (Wildman–Crippen LogP) is 3.45. The van der Waals surface area contributed by atoms with Crippen molar-refractivity contribution in [3.8, 4) is 0 Å². The van der Waals surface area contributed by atoms with Gasteiger partial charge < -0.3 is 4.74 Å². The van der Waals surface area contributed by atoms with E-state index in [4.69, 9.17) is 4.74 Å². The summed E-state index contributed by atoms with van der Waals surface area (Å²) in [7, 11) is 0. The first-order chi connectivity index (χ1) is 10.5. The Hall–Kier alpha value is -2.89. The molecule has 3 nitrogen and oxygen atoms in total. The van der Waals surface area contributed by atoms with Gasteiger partial charge in [0.1, 0.15) is 17.5 Å². The molecule has 2 aromatic carbocycles. The summed E-state index contributed by atoms with van der Waals surface area (Å²) in [6.45, 7) is 0.